The number of guanidine groups is 1. The third-order valence-corrected chi connectivity index (χ3v) is 2.56. The molecule has 22 heavy (non-hydrogen) atoms. The molecule has 126 valence electrons. The molecule has 1 rings (SSSR count). The molecule has 0 unspecified atom stereocenters. The number of aromatic nitrogens is 1. The highest BCUT2D eigenvalue weighted by Crippen LogP contribution is 2.28. The normalized spacial score (nSPS) is 11.7. The van der Waals surface area contributed by atoms with E-state index in [2.05, 4.69) is 20.6 Å². The highest BCUT2D eigenvalue weighted by atomic mass is 127. The van der Waals surface area contributed by atoms with Gasteiger partial charge in [-0.2, -0.15) is 13.2 Å². The second-order valence-corrected chi connectivity index (χ2v) is 4.40. The van der Waals surface area contributed by atoms with Crippen molar-refractivity contribution in [2.75, 3.05) is 25.0 Å². The maximum absolute atomic E-state index is 12.3. The van der Waals surface area contributed by atoms with E-state index in [9.17, 15) is 13.2 Å². The van der Waals surface area contributed by atoms with E-state index in [4.69, 9.17) is 5.73 Å². The van der Waals surface area contributed by atoms with Crippen LogP contribution in [0.4, 0.5) is 19.0 Å². The summed E-state index contributed by atoms with van der Waals surface area (Å²) in [7, 11) is 0. The summed E-state index contributed by atoms with van der Waals surface area (Å²) < 4.78 is 37.0. The first kappa shape index (κ1) is 20.7. The third kappa shape index (κ3) is 8.25. The van der Waals surface area contributed by atoms with E-state index in [1.165, 1.54) is 6.07 Å². The van der Waals surface area contributed by atoms with Crippen LogP contribution in [0.1, 0.15) is 25.3 Å². The number of alkyl halides is 3. The van der Waals surface area contributed by atoms with Crippen LogP contribution in [-0.2, 0) is 6.18 Å². The molecule has 0 bridgehead atoms. The number of nitrogens with two attached hydrogens (primary N) is 1. The maximum Gasteiger partial charge on any atom is 0.417 e. The minimum atomic E-state index is -4.36. The molecule has 0 saturated heterocycles. The average Bonchev–Trinajstić information content (AvgIpc) is 2.44. The van der Waals surface area contributed by atoms with Gasteiger partial charge in [-0.25, -0.2) is 4.98 Å². The Labute approximate surface area is 145 Å². The quantitative estimate of drug-likeness (QED) is 0.269. The monoisotopic (exact) mass is 431 g/mol. The molecule has 0 atom stereocenters. The first-order valence-corrected chi connectivity index (χ1v) is 6.74. The van der Waals surface area contributed by atoms with Gasteiger partial charge in [-0.05, 0) is 25.0 Å². The van der Waals surface area contributed by atoms with Gasteiger partial charge in [0, 0.05) is 25.8 Å². The number of anilines is 1. The average molecular weight is 431 g/mol. The van der Waals surface area contributed by atoms with Crippen molar-refractivity contribution >= 4 is 35.8 Å². The summed E-state index contributed by atoms with van der Waals surface area (Å²) in [5.74, 6) is 0.820. The summed E-state index contributed by atoms with van der Waals surface area (Å²) in [6.45, 7) is 3.91. The van der Waals surface area contributed by atoms with Gasteiger partial charge in [0.1, 0.15) is 5.82 Å². The van der Waals surface area contributed by atoms with Crippen LogP contribution in [0.3, 0.4) is 0 Å². The Morgan fingerprint density at radius 2 is 2.05 bits per heavy atom. The minimum absolute atomic E-state index is 0. The van der Waals surface area contributed by atoms with E-state index in [1.807, 2.05) is 6.92 Å². The molecule has 0 saturated carbocycles. The Bertz CT molecular complexity index is 448. The number of aliphatic imine (C=N–C) groups is 1. The molecular weight excluding hydrogens is 410 g/mol. The summed E-state index contributed by atoms with van der Waals surface area (Å²) in [4.78, 5) is 7.79. The van der Waals surface area contributed by atoms with Crippen molar-refractivity contribution in [2.24, 2.45) is 10.7 Å². The van der Waals surface area contributed by atoms with Crippen LogP contribution >= 0.6 is 24.0 Å². The number of hydrogen-bond acceptors (Lipinski definition) is 3. The van der Waals surface area contributed by atoms with Crippen LogP contribution in [0, 0.1) is 0 Å². The lowest BCUT2D eigenvalue weighted by molar-refractivity contribution is -0.137. The van der Waals surface area contributed by atoms with E-state index < -0.39 is 11.7 Å². The first-order valence-electron chi connectivity index (χ1n) is 6.74. The van der Waals surface area contributed by atoms with Gasteiger partial charge in [-0.15, -0.1) is 24.0 Å². The van der Waals surface area contributed by atoms with Crippen LogP contribution < -0.4 is 16.4 Å². The molecule has 0 amide bonds. The van der Waals surface area contributed by atoms with Crippen molar-refractivity contribution in [1.82, 2.24) is 10.3 Å². The smallest absolute Gasteiger partial charge is 0.370 e. The zero-order valence-corrected chi connectivity index (χ0v) is 14.6. The zero-order valence-electron chi connectivity index (χ0n) is 12.3. The molecule has 9 heteroatoms. The Kier molecular flexibility index (Phi) is 9.86. The molecule has 4 N–H and O–H groups in total. The van der Waals surface area contributed by atoms with Crippen molar-refractivity contribution in [2.45, 2.75) is 25.9 Å². The molecule has 0 aromatic carbocycles. The van der Waals surface area contributed by atoms with Crippen LogP contribution in [0.15, 0.2) is 23.3 Å². The van der Waals surface area contributed by atoms with Crippen molar-refractivity contribution in [1.29, 1.82) is 0 Å². The SMILES string of the molecule is CCCN=C(N)NCCCNc1ccc(C(F)(F)F)cn1.I. The lowest BCUT2D eigenvalue weighted by atomic mass is 10.3. The Morgan fingerprint density at radius 3 is 2.59 bits per heavy atom. The number of nitrogens with zero attached hydrogens (tertiary/aromatic N) is 2. The Morgan fingerprint density at radius 1 is 1.32 bits per heavy atom. The second-order valence-electron chi connectivity index (χ2n) is 4.40. The van der Waals surface area contributed by atoms with Gasteiger partial charge < -0.3 is 16.4 Å². The highest BCUT2D eigenvalue weighted by Gasteiger charge is 2.30. The molecule has 5 nitrogen and oxygen atoms in total. The van der Waals surface area contributed by atoms with Gasteiger partial charge in [-0.1, -0.05) is 6.92 Å². The van der Waals surface area contributed by atoms with E-state index in [0.717, 1.165) is 25.1 Å². The fraction of sp³-hybridized carbons (Fsp3) is 0.538. The molecule has 0 aliphatic heterocycles. The highest BCUT2D eigenvalue weighted by molar-refractivity contribution is 14.0. The fourth-order valence-corrected chi connectivity index (χ4v) is 1.48. The molecule has 0 radical (unpaired) electrons. The zero-order chi connectivity index (χ0) is 15.7. The van der Waals surface area contributed by atoms with E-state index >= 15 is 0 Å². The molecular formula is C13H21F3IN5. The lowest BCUT2D eigenvalue weighted by Crippen LogP contribution is -2.33. The molecule has 0 spiro atoms. The van der Waals surface area contributed by atoms with E-state index in [-0.39, 0.29) is 24.0 Å². The largest absolute Gasteiger partial charge is 0.417 e. The van der Waals surface area contributed by atoms with Gasteiger partial charge in [0.05, 0.1) is 5.56 Å². The summed E-state index contributed by atoms with van der Waals surface area (Å²) in [6.07, 6.45) is -1.87. The van der Waals surface area contributed by atoms with Gasteiger partial charge in [-0.3, -0.25) is 4.99 Å². The summed E-state index contributed by atoms with van der Waals surface area (Å²) in [5.41, 5.74) is 4.86. The van der Waals surface area contributed by atoms with Crippen LogP contribution in [0.2, 0.25) is 0 Å². The molecule has 0 aliphatic carbocycles. The van der Waals surface area contributed by atoms with Crippen LogP contribution in [0.25, 0.3) is 0 Å². The number of pyridine rings is 1. The summed E-state index contributed by atoms with van der Waals surface area (Å²) in [6, 6.07) is 2.32. The van der Waals surface area contributed by atoms with Gasteiger partial charge in [0.2, 0.25) is 0 Å². The van der Waals surface area contributed by atoms with Crippen LogP contribution in [-0.4, -0.2) is 30.6 Å². The fourth-order valence-electron chi connectivity index (χ4n) is 1.48. The number of halogens is 4. The number of nitrogens with one attached hydrogen (secondary N) is 2. The lowest BCUT2D eigenvalue weighted by Gasteiger charge is -2.09. The van der Waals surface area contributed by atoms with Gasteiger partial charge in [0.25, 0.3) is 0 Å². The van der Waals surface area contributed by atoms with Gasteiger partial charge >= 0.3 is 6.18 Å². The van der Waals surface area contributed by atoms with Crippen molar-refractivity contribution in [3.63, 3.8) is 0 Å². The standard InChI is InChI=1S/C13H20F3N5.HI/c1-2-6-19-12(17)20-8-3-7-18-11-5-4-10(9-21-11)13(14,15)16;/h4-5,9H,2-3,6-8H2,1H3,(H,18,21)(H3,17,19,20);1H. The Balaban J connectivity index is 0.00000441. The molecule has 0 aliphatic rings. The molecule has 1 aromatic heterocycles. The van der Waals surface area contributed by atoms with Gasteiger partial charge in [0.15, 0.2) is 5.96 Å². The van der Waals surface area contributed by atoms with Crippen LogP contribution in [0.5, 0.6) is 0 Å². The second kappa shape index (κ2) is 10.5. The predicted octanol–water partition coefficient (Wildman–Crippen LogP) is 2.83. The number of hydrogen-bond donors (Lipinski definition) is 3. The van der Waals surface area contributed by atoms with E-state index in [0.29, 0.717) is 31.4 Å². The number of rotatable bonds is 7. The third-order valence-electron chi connectivity index (χ3n) is 2.56. The first-order chi connectivity index (χ1) is 9.93. The molecule has 0 fully saturated rings. The van der Waals surface area contributed by atoms with Crippen molar-refractivity contribution in [3.8, 4) is 0 Å². The molecule has 1 aromatic rings. The topological polar surface area (TPSA) is 75.3 Å². The summed E-state index contributed by atoms with van der Waals surface area (Å²) in [5, 5.41) is 5.89. The van der Waals surface area contributed by atoms with Crippen molar-refractivity contribution in [3.05, 3.63) is 23.9 Å². The Hall–Kier alpha value is -1.26. The van der Waals surface area contributed by atoms with E-state index in [1.54, 1.807) is 0 Å². The van der Waals surface area contributed by atoms with Crippen molar-refractivity contribution < 1.29 is 13.2 Å². The predicted molar refractivity (Wildman–Crippen MR) is 92.5 cm³/mol. The minimum Gasteiger partial charge on any atom is -0.370 e. The summed E-state index contributed by atoms with van der Waals surface area (Å²) >= 11 is 0. The maximum atomic E-state index is 12.3. The molecule has 1 heterocycles.